The molecule has 2 aromatic heterocycles. The summed E-state index contributed by atoms with van der Waals surface area (Å²) in [7, 11) is 0. The van der Waals surface area contributed by atoms with E-state index in [0.717, 1.165) is 43.1 Å². The molecule has 3 aromatic rings. The van der Waals surface area contributed by atoms with Crippen molar-refractivity contribution in [1.29, 1.82) is 0 Å². The Morgan fingerprint density at radius 3 is 2.89 bits per heavy atom. The van der Waals surface area contributed by atoms with Crippen LogP contribution < -0.4 is 15.5 Å². The van der Waals surface area contributed by atoms with Crippen LogP contribution in [-0.4, -0.2) is 42.1 Å². The van der Waals surface area contributed by atoms with Gasteiger partial charge in [0.2, 0.25) is 0 Å². The first kappa shape index (κ1) is 17.5. The number of rotatable bonds is 4. The topological polar surface area (TPSA) is 73.1 Å². The quantitative estimate of drug-likeness (QED) is 0.662. The van der Waals surface area contributed by atoms with Gasteiger partial charge in [0.05, 0.1) is 0 Å². The minimum absolute atomic E-state index is 0.260. The lowest BCUT2D eigenvalue weighted by Gasteiger charge is -2.28. The van der Waals surface area contributed by atoms with Crippen LogP contribution in [0.4, 0.5) is 10.2 Å². The van der Waals surface area contributed by atoms with Gasteiger partial charge in [0.1, 0.15) is 17.3 Å². The van der Waals surface area contributed by atoms with Crippen molar-refractivity contribution in [2.45, 2.75) is 13.5 Å². The predicted molar refractivity (Wildman–Crippen MR) is 103 cm³/mol. The van der Waals surface area contributed by atoms with Crippen LogP contribution in [0.2, 0.25) is 0 Å². The van der Waals surface area contributed by atoms with Gasteiger partial charge in [0.25, 0.3) is 5.91 Å². The summed E-state index contributed by atoms with van der Waals surface area (Å²) in [5.74, 6) is 0.338. The molecule has 27 heavy (non-hydrogen) atoms. The van der Waals surface area contributed by atoms with Gasteiger partial charge >= 0.3 is 0 Å². The largest absolute Gasteiger partial charge is 0.354 e. The summed E-state index contributed by atoms with van der Waals surface area (Å²) < 4.78 is 14.0. The van der Waals surface area contributed by atoms with Crippen LogP contribution in [-0.2, 0) is 6.54 Å². The van der Waals surface area contributed by atoms with Gasteiger partial charge in [-0.2, -0.15) is 0 Å². The summed E-state index contributed by atoms with van der Waals surface area (Å²) in [6, 6.07) is 8.74. The number of nitrogens with one attached hydrogen (secondary N) is 3. The van der Waals surface area contributed by atoms with Gasteiger partial charge in [0, 0.05) is 49.8 Å². The van der Waals surface area contributed by atoms with E-state index in [1.807, 2.05) is 25.1 Å². The average Bonchev–Trinajstić information content (AvgIpc) is 3.11. The predicted octanol–water partition coefficient (Wildman–Crippen LogP) is 2.35. The van der Waals surface area contributed by atoms with E-state index in [0.29, 0.717) is 23.1 Å². The van der Waals surface area contributed by atoms with Crippen molar-refractivity contribution < 1.29 is 9.18 Å². The first-order valence-corrected chi connectivity index (χ1v) is 9.08. The van der Waals surface area contributed by atoms with Gasteiger partial charge in [0.15, 0.2) is 0 Å². The lowest BCUT2D eigenvalue weighted by atomic mass is 10.2. The molecule has 0 aliphatic carbocycles. The molecule has 1 aromatic carbocycles. The van der Waals surface area contributed by atoms with E-state index in [9.17, 15) is 9.18 Å². The number of hydrogen-bond donors (Lipinski definition) is 3. The molecular formula is C20H22FN5O. The maximum atomic E-state index is 14.0. The molecule has 0 radical (unpaired) electrons. The highest BCUT2D eigenvalue weighted by atomic mass is 19.1. The van der Waals surface area contributed by atoms with Crippen molar-refractivity contribution in [2.24, 2.45) is 0 Å². The van der Waals surface area contributed by atoms with Gasteiger partial charge in [-0.3, -0.25) is 4.79 Å². The minimum Gasteiger partial charge on any atom is -0.354 e. The maximum Gasteiger partial charge on any atom is 0.267 e. The number of pyridine rings is 1. The fourth-order valence-electron chi connectivity index (χ4n) is 3.37. The highest BCUT2D eigenvalue weighted by Crippen LogP contribution is 2.21. The van der Waals surface area contributed by atoms with Gasteiger partial charge in [-0.25, -0.2) is 9.37 Å². The molecule has 1 saturated heterocycles. The molecule has 0 saturated carbocycles. The molecule has 1 aliphatic heterocycles. The fourth-order valence-corrected chi connectivity index (χ4v) is 3.37. The monoisotopic (exact) mass is 367 g/mol. The third-order valence-electron chi connectivity index (χ3n) is 4.78. The second-order valence-corrected chi connectivity index (χ2v) is 6.83. The SMILES string of the molecule is Cc1cc(F)c2cc(C(=O)NCc3ccnc(N4CCNCC4)c3)[nH]c2c1. The number of fused-ring (bicyclic) bond motifs is 1. The van der Waals surface area contributed by atoms with E-state index in [-0.39, 0.29) is 11.7 Å². The molecule has 7 heteroatoms. The Labute approximate surface area is 156 Å². The number of aryl methyl sites for hydroxylation is 1. The number of hydrogen-bond acceptors (Lipinski definition) is 4. The van der Waals surface area contributed by atoms with E-state index < -0.39 is 0 Å². The van der Waals surface area contributed by atoms with Crippen molar-refractivity contribution in [3.63, 3.8) is 0 Å². The molecule has 3 N–H and O–H groups in total. The van der Waals surface area contributed by atoms with Crippen LogP contribution in [0.25, 0.3) is 10.9 Å². The summed E-state index contributed by atoms with van der Waals surface area (Å²) in [5, 5.41) is 6.63. The third kappa shape index (κ3) is 3.78. The number of benzene rings is 1. The summed E-state index contributed by atoms with van der Waals surface area (Å²) in [6.45, 7) is 5.93. The van der Waals surface area contributed by atoms with Crippen molar-refractivity contribution in [3.05, 3.63) is 59.2 Å². The summed E-state index contributed by atoms with van der Waals surface area (Å²) in [5.41, 5.74) is 2.77. The Morgan fingerprint density at radius 2 is 2.07 bits per heavy atom. The van der Waals surface area contributed by atoms with E-state index in [1.165, 1.54) is 6.07 Å². The van der Waals surface area contributed by atoms with E-state index >= 15 is 0 Å². The molecule has 3 heterocycles. The summed E-state index contributed by atoms with van der Waals surface area (Å²) in [4.78, 5) is 22.1. The molecule has 1 amide bonds. The van der Waals surface area contributed by atoms with Crippen molar-refractivity contribution in [3.8, 4) is 0 Å². The second kappa shape index (κ2) is 7.36. The van der Waals surface area contributed by atoms with E-state index in [2.05, 4.69) is 25.5 Å². The van der Waals surface area contributed by atoms with Gasteiger partial charge in [-0.15, -0.1) is 0 Å². The van der Waals surface area contributed by atoms with Crippen LogP contribution in [0.3, 0.4) is 0 Å². The third-order valence-corrected chi connectivity index (χ3v) is 4.78. The zero-order chi connectivity index (χ0) is 18.8. The summed E-state index contributed by atoms with van der Waals surface area (Å²) >= 11 is 0. The Hall–Kier alpha value is -2.93. The molecule has 1 fully saturated rings. The molecule has 0 bridgehead atoms. The molecular weight excluding hydrogens is 345 g/mol. The van der Waals surface area contributed by atoms with Crippen LogP contribution in [0.15, 0.2) is 36.5 Å². The molecule has 0 atom stereocenters. The Bertz CT molecular complexity index is 978. The number of piperazine rings is 1. The lowest BCUT2D eigenvalue weighted by molar-refractivity contribution is 0.0946. The highest BCUT2D eigenvalue weighted by Gasteiger charge is 2.14. The zero-order valence-electron chi connectivity index (χ0n) is 15.2. The average molecular weight is 367 g/mol. The number of carbonyl (C=O) groups excluding carboxylic acids is 1. The Morgan fingerprint density at radius 1 is 1.26 bits per heavy atom. The van der Waals surface area contributed by atoms with E-state index in [1.54, 1.807) is 12.3 Å². The highest BCUT2D eigenvalue weighted by molar-refractivity contribution is 5.98. The number of anilines is 1. The van der Waals surface area contributed by atoms with Crippen LogP contribution in [0.5, 0.6) is 0 Å². The first-order valence-electron chi connectivity index (χ1n) is 9.08. The smallest absolute Gasteiger partial charge is 0.267 e. The minimum atomic E-state index is -0.324. The number of aromatic amines is 1. The molecule has 0 unspecified atom stereocenters. The van der Waals surface area contributed by atoms with Gasteiger partial charge in [-0.05, 0) is 48.4 Å². The van der Waals surface area contributed by atoms with E-state index in [4.69, 9.17) is 0 Å². The molecule has 6 nitrogen and oxygen atoms in total. The first-order chi connectivity index (χ1) is 13.1. The normalized spacial score (nSPS) is 14.5. The molecule has 140 valence electrons. The lowest BCUT2D eigenvalue weighted by Crippen LogP contribution is -2.43. The fraction of sp³-hybridized carbons (Fsp3) is 0.300. The Balaban J connectivity index is 1.45. The Kier molecular flexibility index (Phi) is 4.77. The standard InChI is InChI=1S/C20H22FN5O/c1-13-8-16(21)15-11-18(25-17(15)9-13)20(27)24-12-14-2-3-23-19(10-14)26-6-4-22-5-7-26/h2-3,8-11,22,25H,4-7,12H2,1H3,(H,24,27). The molecule has 0 spiro atoms. The number of halogens is 1. The second-order valence-electron chi connectivity index (χ2n) is 6.83. The number of H-pyrrole nitrogens is 1. The zero-order valence-corrected chi connectivity index (χ0v) is 15.2. The number of amides is 1. The van der Waals surface area contributed by atoms with Crippen molar-refractivity contribution in [2.75, 3.05) is 31.1 Å². The number of carbonyl (C=O) groups is 1. The van der Waals surface area contributed by atoms with Crippen LogP contribution in [0, 0.1) is 12.7 Å². The van der Waals surface area contributed by atoms with Crippen LogP contribution in [0.1, 0.15) is 21.6 Å². The van der Waals surface area contributed by atoms with Gasteiger partial charge in [-0.1, -0.05) is 0 Å². The summed E-state index contributed by atoms with van der Waals surface area (Å²) in [6.07, 6.45) is 1.76. The van der Waals surface area contributed by atoms with Gasteiger partial charge < -0.3 is 20.5 Å². The molecule has 1 aliphatic rings. The van der Waals surface area contributed by atoms with Crippen molar-refractivity contribution >= 4 is 22.6 Å². The maximum absolute atomic E-state index is 14.0. The number of nitrogens with zero attached hydrogens (tertiary/aromatic N) is 2. The van der Waals surface area contributed by atoms with Crippen molar-refractivity contribution in [1.82, 2.24) is 20.6 Å². The molecule has 4 rings (SSSR count). The number of aromatic nitrogens is 2. The van der Waals surface area contributed by atoms with Crippen LogP contribution >= 0.6 is 0 Å².